The van der Waals surface area contributed by atoms with Crippen LogP contribution in [-0.4, -0.2) is 5.97 Å². The predicted octanol–water partition coefficient (Wildman–Crippen LogP) is 2.31. The molecule has 0 saturated heterocycles. The van der Waals surface area contributed by atoms with Crippen LogP contribution in [0.25, 0.3) is 0 Å². The van der Waals surface area contributed by atoms with Crippen LogP contribution in [0.4, 0.5) is 8.78 Å². The third-order valence-electron chi connectivity index (χ3n) is 2.06. The van der Waals surface area contributed by atoms with Gasteiger partial charge in [0.05, 0.1) is 5.92 Å². The largest absolute Gasteiger partial charge is 0.429 e. The summed E-state index contributed by atoms with van der Waals surface area (Å²) in [6.07, 6.45) is -1.08. The fourth-order valence-electron chi connectivity index (χ4n) is 1.05. The van der Waals surface area contributed by atoms with Crippen molar-refractivity contribution < 1.29 is 18.3 Å². The maximum absolute atomic E-state index is 11.5. The van der Waals surface area contributed by atoms with Crippen LogP contribution in [-0.2, 0) is 9.53 Å². The first-order chi connectivity index (χ1) is 5.43. The summed E-state index contributed by atoms with van der Waals surface area (Å²) in [5, 5.41) is 0. The molecule has 0 aliphatic heterocycles. The van der Waals surface area contributed by atoms with Crippen LogP contribution in [0.2, 0.25) is 0 Å². The van der Waals surface area contributed by atoms with Gasteiger partial charge in [0.1, 0.15) is 0 Å². The van der Waals surface area contributed by atoms with Gasteiger partial charge in [-0.25, -0.2) is 0 Å². The second kappa shape index (κ2) is 2.84. The van der Waals surface area contributed by atoms with E-state index >= 15 is 0 Å². The van der Waals surface area contributed by atoms with E-state index in [0.717, 1.165) is 0 Å². The van der Waals surface area contributed by atoms with Crippen molar-refractivity contribution in [3.63, 3.8) is 0 Å². The number of hydrogen-bond acceptors (Lipinski definition) is 2. The molecule has 1 rings (SSSR count). The molecule has 0 amide bonds. The van der Waals surface area contributed by atoms with Crippen LogP contribution in [0.15, 0.2) is 12.3 Å². The van der Waals surface area contributed by atoms with E-state index in [4.69, 9.17) is 0 Å². The van der Waals surface area contributed by atoms with Crippen molar-refractivity contribution in [3.05, 3.63) is 12.3 Å². The summed E-state index contributed by atoms with van der Waals surface area (Å²) >= 11 is 0. The molecule has 1 aliphatic rings. The van der Waals surface area contributed by atoms with Crippen molar-refractivity contribution in [1.82, 2.24) is 0 Å². The smallest absolute Gasteiger partial charge is 0.314 e. The van der Waals surface area contributed by atoms with E-state index in [9.17, 15) is 13.6 Å². The summed E-state index contributed by atoms with van der Waals surface area (Å²) in [5.41, 5.74) is -0.0717. The standard InChI is InChI=1S/C8H10F2O2/c1-8(2)3-5(8)7(11)12-4-6(9)10/h4-5H,3H2,1-2H3/t5-/m0/s1. The summed E-state index contributed by atoms with van der Waals surface area (Å²) in [6, 6.07) is 0. The molecule has 0 aromatic rings. The first-order valence-electron chi connectivity index (χ1n) is 3.65. The fraction of sp³-hybridized carbons (Fsp3) is 0.625. The fourth-order valence-corrected chi connectivity index (χ4v) is 1.05. The van der Waals surface area contributed by atoms with E-state index in [1.165, 1.54) is 0 Å². The van der Waals surface area contributed by atoms with Crippen LogP contribution in [0.5, 0.6) is 0 Å². The Balaban J connectivity index is 2.37. The van der Waals surface area contributed by atoms with Crippen LogP contribution in [0.3, 0.4) is 0 Å². The third kappa shape index (κ3) is 2.03. The molecule has 1 aliphatic carbocycles. The topological polar surface area (TPSA) is 26.3 Å². The molecule has 1 fully saturated rings. The second-order valence-electron chi connectivity index (χ2n) is 3.59. The monoisotopic (exact) mass is 176 g/mol. The molecule has 4 heteroatoms. The zero-order valence-electron chi connectivity index (χ0n) is 6.93. The van der Waals surface area contributed by atoms with Crippen LogP contribution in [0, 0.1) is 11.3 Å². The number of carbonyl (C=O) groups is 1. The molecule has 0 N–H and O–H groups in total. The van der Waals surface area contributed by atoms with E-state index in [2.05, 4.69) is 4.74 Å². The molecular weight excluding hydrogens is 166 g/mol. The SMILES string of the molecule is CC1(C)C[C@H]1C(=O)OC=C(F)F. The Morgan fingerprint density at radius 2 is 2.08 bits per heavy atom. The Morgan fingerprint density at radius 1 is 1.58 bits per heavy atom. The Hall–Kier alpha value is -0.930. The minimum absolute atomic E-state index is 0.0717. The van der Waals surface area contributed by atoms with Crippen molar-refractivity contribution in [2.24, 2.45) is 11.3 Å². The molecule has 0 aromatic heterocycles. The quantitative estimate of drug-likeness (QED) is 0.476. The summed E-state index contributed by atoms with van der Waals surface area (Å²) in [7, 11) is 0. The molecule has 68 valence electrons. The normalized spacial score (nSPS) is 24.5. The summed E-state index contributed by atoms with van der Waals surface area (Å²) in [6.45, 7) is 3.79. The van der Waals surface area contributed by atoms with Crippen molar-refractivity contribution in [3.8, 4) is 0 Å². The second-order valence-corrected chi connectivity index (χ2v) is 3.59. The molecule has 0 aromatic carbocycles. The van der Waals surface area contributed by atoms with Crippen molar-refractivity contribution in [2.45, 2.75) is 20.3 Å². The number of hydrogen-bond donors (Lipinski definition) is 0. The minimum Gasteiger partial charge on any atom is -0.429 e. The number of ether oxygens (including phenoxy) is 1. The molecule has 0 radical (unpaired) electrons. The average Bonchev–Trinajstić information content (AvgIpc) is 2.55. The van der Waals surface area contributed by atoms with Crippen LogP contribution in [0.1, 0.15) is 20.3 Å². The zero-order valence-corrected chi connectivity index (χ0v) is 6.93. The molecule has 2 nitrogen and oxygen atoms in total. The predicted molar refractivity (Wildman–Crippen MR) is 38.3 cm³/mol. The molecule has 0 unspecified atom stereocenters. The highest BCUT2D eigenvalue weighted by molar-refractivity contribution is 5.77. The Labute approximate surface area is 69.2 Å². The molecule has 0 spiro atoms. The number of rotatable bonds is 2. The Bertz CT molecular complexity index is 229. The van der Waals surface area contributed by atoms with Crippen molar-refractivity contribution in [1.29, 1.82) is 0 Å². The van der Waals surface area contributed by atoms with E-state index < -0.39 is 12.0 Å². The summed E-state index contributed by atoms with van der Waals surface area (Å²) in [4.78, 5) is 10.9. The van der Waals surface area contributed by atoms with Gasteiger partial charge >= 0.3 is 12.0 Å². The third-order valence-corrected chi connectivity index (χ3v) is 2.06. The zero-order chi connectivity index (χ0) is 9.35. The van der Waals surface area contributed by atoms with Gasteiger partial charge in [0.25, 0.3) is 0 Å². The van der Waals surface area contributed by atoms with Gasteiger partial charge < -0.3 is 4.74 Å². The first kappa shape index (κ1) is 9.16. The maximum atomic E-state index is 11.5. The van der Waals surface area contributed by atoms with Gasteiger partial charge in [-0.3, -0.25) is 4.79 Å². The van der Waals surface area contributed by atoms with E-state index in [1.54, 1.807) is 0 Å². The van der Waals surface area contributed by atoms with Crippen molar-refractivity contribution in [2.75, 3.05) is 0 Å². The van der Waals surface area contributed by atoms with Crippen LogP contribution < -0.4 is 0 Å². The lowest BCUT2D eigenvalue weighted by molar-refractivity contribution is -0.140. The lowest BCUT2D eigenvalue weighted by atomic mass is 10.1. The van der Waals surface area contributed by atoms with Gasteiger partial charge in [0.2, 0.25) is 0 Å². The lowest BCUT2D eigenvalue weighted by Crippen LogP contribution is -2.06. The summed E-state index contributed by atoms with van der Waals surface area (Å²) in [5.74, 6) is -0.777. The van der Waals surface area contributed by atoms with Gasteiger partial charge in [0.15, 0.2) is 6.26 Å². The van der Waals surface area contributed by atoms with Gasteiger partial charge in [-0.15, -0.1) is 0 Å². The van der Waals surface area contributed by atoms with E-state index in [1.807, 2.05) is 13.8 Å². The number of esters is 1. The molecule has 1 atom stereocenters. The summed E-state index contributed by atoms with van der Waals surface area (Å²) < 4.78 is 27.1. The molecule has 0 bridgehead atoms. The lowest BCUT2D eigenvalue weighted by Gasteiger charge is -1.99. The maximum Gasteiger partial charge on any atom is 0.314 e. The highest BCUT2D eigenvalue weighted by Crippen LogP contribution is 2.52. The van der Waals surface area contributed by atoms with Gasteiger partial charge in [-0.05, 0) is 11.8 Å². The first-order valence-corrected chi connectivity index (χ1v) is 3.65. The van der Waals surface area contributed by atoms with Gasteiger partial charge in [-0.2, -0.15) is 8.78 Å². The van der Waals surface area contributed by atoms with E-state index in [-0.39, 0.29) is 17.6 Å². The van der Waals surface area contributed by atoms with Crippen molar-refractivity contribution >= 4 is 5.97 Å². The highest BCUT2D eigenvalue weighted by Gasteiger charge is 2.51. The van der Waals surface area contributed by atoms with Gasteiger partial charge in [-0.1, -0.05) is 13.8 Å². The van der Waals surface area contributed by atoms with E-state index in [0.29, 0.717) is 6.42 Å². The number of carbonyl (C=O) groups excluding carboxylic acids is 1. The molecule has 0 heterocycles. The van der Waals surface area contributed by atoms with Gasteiger partial charge in [0, 0.05) is 0 Å². The molecule has 12 heavy (non-hydrogen) atoms. The molecule has 1 saturated carbocycles. The van der Waals surface area contributed by atoms with Crippen LogP contribution >= 0.6 is 0 Å². The Morgan fingerprint density at radius 3 is 2.42 bits per heavy atom. The minimum atomic E-state index is -1.98. The highest BCUT2D eigenvalue weighted by atomic mass is 19.3. The Kier molecular flexibility index (Phi) is 2.17. The average molecular weight is 176 g/mol. The number of halogens is 2. The molecular formula is C8H10F2O2.